The molecule has 1 N–H and O–H groups in total. The van der Waals surface area contributed by atoms with Crippen molar-refractivity contribution in [2.75, 3.05) is 0 Å². The largest absolute Gasteiger partial charge is 0.487 e. The van der Waals surface area contributed by atoms with Crippen LogP contribution in [0.2, 0.25) is 0 Å². The third-order valence-corrected chi connectivity index (χ3v) is 5.27. The number of carbonyl (C=O) groups is 1. The smallest absolute Gasteiger partial charge is 0.327 e. The molecular formula is C27H21N5O3. The number of aliphatic carboxylic acids is 1. The summed E-state index contributed by atoms with van der Waals surface area (Å²) in [6, 6.07) is 27.5. The second-order valence-electron chi connectivity index (χ2n) is 7.85. The summed E-state index contributed by atoms with van der Waals surface area (Å²) < 4.78 is 5.90. The molecule has 5 aromatic rings. The number of para-hydroxylation sites is 1. The molecule has 0 fully saturated rings. The Morgan fingerprint density at radius 3 is 2.60 bits per heavy atom. The van der Waals surface area contributed by atoms with Gasteiger partial charge < -0.3 is 9.84 Å². The second-order valence-corrected chi connectivity index (χ2v) is 7.85. The van der Waals surface area contributed by atoms with Crippen molar-refractivity contribution in [3.05, 3.63) is 102 Å². The number of rotatable bonds is 8. The summed E-state index contributed by atoms with van der Waals surface area (Å²) in [6.07, 6.45) is 3.99. The van der Waals surface area contributed by atoms with Crippen molar-refractivity contribution >= 4 is 29.0 Å². The van der Waals surface area contributed by atoms with Gasteiger partial charge in [-0.15, -0.1) is 10.2 Å². The average molecular weight is 463 g/mol. The highest BCUT2D eigenvalue weighted by molar-refractivity contribution is 5.78. The number of tetrazole rings is 1. The Balaban J connectivity index is 1.21. The van der Waals surface area contributed by atoms with Crippen molar-refractivity contribution in [3.8, 4) is 17.1 Å². The first-order chi connectivity index (χ1) is 17.1. The topological polar surface area (TPSA) is 103 Å². The summed E-state index contributed by atoms with van der Waals surface area (Å²) in [5.41, 5.74) is 4.58. The number of hydrogen-bond acceptors (Lipinski definition) is 6. The summed E-state index contributed by atoms with van der Waals surface area (Å²) in [7, 11) is 0. The molecule has 0 aliphatic rings. The molecule has 0 unspecified atom stereocenters. The number of aromatic nitrogens is 5. The van der Waals surface area contributed by atoms with Crippen molar-refractivity contribution in [1.82, 2.24) is 25.2 Å². The van der Waals surface area contributed by atoms with Crippen LogP contribution in [-0.2, 0) is 17.9 Å². The van der Waals surface area contributed by atoms with Crippen LogP contribution in [-0.4, -0.2) is 36.3 Å². The van der Waals surface area contributed by atoms with E-state index in [0.717, 1.165) is 43.8 Å². The fraction of sp³-hybridized carbons (Fsp3) is 0.0741. The maximum absolute atomic E-state index is 10.8. The summed E-state index contributed by atoms with van der Waals surface area (Å²) in [6.45, 7) is 0.0724. The molecule has 5 rings (SSSR count). The van der Waals surface area contributed by atoms with Gasteiger partial charge >= 0.3 is 5.97 Å². The van der Waals surface area contributed by atoms with Gasteiger partial charge in [0.15, 0.2) is 6.54 Å². The molecule has 0 saturated carbocycles. The fourth-order valence-electron chi connectivity index (χ4n) is 3.54. The van der Waals surface area contributed by atoms with E-state index in [1.165, 1.54) is 0 Å². The lowest BCUT2D eigenvalue weighted by atomic mass is 10.1. The van der Waals surface area contributed by atoms with Gasteiger partial charge in [0.25, 0.3) is 0 Å². The quantitative estimate of drug-likeness (QED) is 0.332. The van der Waals surface area contributed by atoms with Crippen LogP contribution in [0.15, 0.2) is 84.9 Å². The predicted octanol–water partition coefficient (Wildman–Crippen LogP) is 4.72. The number of hydrogen-bond donors (Lipinski definition) is 1. The van der Waals surface area contributed by atoms with Crippen LogP contribution in [0.1, 0.15) is 16.8 Å². The molecule has 2 aromatic heterocycles. The zero-order chi connectivity index (χ0) is 24.0. The van der Waals surface area contributed by atoms with Gasteiger partial charge in [0, 0.05) is 10.9 Å². The van der Waals surface area contributed by atoms with Crippen LogP contribution in [0.25, 0.3) is 34.4 Å². The van der Waals surface area contributed by atoms with E-state index in [2.05, 4.69) is 26.5 Å². The molecule has 8 heteroatoms. The van der Waals surface area contributed by atoms with Gasteiger partial charge in [0.05, 0.1) is 11.2 Å². The van der Waals surface area contributed by atoms with Crippen LogP contribution in [0, 0.1) is 0 Å². The third-order valence-electron chi connectivity index (χ3n) is 5.27. The molecule has 35 heavy (non-hydrogen) atoms. The normalized spacial score (nSPS) is 11.2. The number of carboxylic acid groups (broad SMARTS) is 1. The van der Waals surface area contributed by atoms with E-state index in [1.54, 1.807) is 0 Å². The lowest BCUT2D eigenvalue weighted by Gasteiger charge is -2.07. The minimum atomic E-state index is -1.02. The van der Waals surface area contributed by atoms with Gasteiger partial charge in [-0.25, -0.2) is 4.98 Å². The van der Waals surface area contributed by atoms with E-state index in [1.807, 2.05) is 91.0 Å². The minimum Gasteiger partial charge on any atom is -0.487 e. The van der Waals surface area contributed by atoms with Crippen molar-refractivity contribution in [2.24, 2.45) is 0 Å². The number of ether oxygens (including phenoxy) is 1. The number of fused-ring (bicyclic) bond motifs is 1. The lowest BCUT2D eigenvalue weighted by Crippen LogP contribution is -2.11. The Morgan fingerprint density at radius 1 is 0.914 bits per heavy atom. The van der Waals surface area contributed by atoms with Crippen molar-refractivity contribution in [2.45, 2.75) is 13.2 Å². The molecule has 0 radical (unpaired) electrons. The number of carboxylic acids is 1. The minimum absolute atomic E-state index is 0.328. The summed E-state index contributed by atoms with van der Waals surface area (Å²) in [5, 5.41) is 21.8. The Bertz CT molecular complexity index is 1510. The van der Waals surface area contributed by atoms with Crippen LogP contribution in [0.5, 0.6) is 5.75 Å². The molecule has 0 aliphatic heterocycles. The SMILES string of the molecule is O=C(O)Cn1nnc(-c2cccc(C=Cc3ccc(OCc4ccc5ccccc5n4)cc3)c2)n1. The molecule has 3 aromatic carbocycles. The molecule has 0 atom stereocenters. The summed E-state index contributed by atoms with van der Waals surface area (Å²) in [4.78, 5) is 16.5. The third kappa shape index (κ3) is 5.56. The zero-order valence-electron chi connectivity index (χ0n) is 18.7. The molecule has 0 spiro atoms. The van der Waals surface area contributed by atoms with E-state index in [9.17, 15) is 4.79 Å². The first kappa shape index (κ1) is 22.0. The Kier molecular flexibility index (Phi) is 6.25. The van der Waals surface area contributed by atoms with Crippen molar-refractivity contribution in [3.63, 3.8) is 0 Å². The molecule has 8 nitrogen and oxygen atoms in total. The number of nitrogens with zero attached hydrogens (tertiary/aromatic N) is 5. The first-order valence-electron chi connectivity index (χ1n) is 11.0. The monoisotopic (exact) mass is 463 g/mol. The Morgan fingerprint density at radius 2 is 1.74 bits per heavy atom. The molecule has 0 amide bonds. The highest BCUT2D eigenvalue weighted by atomic mass is 16.5. The van der Waals surface area contributed by atoms with E-state index in [0.29, 0.717) is 12.4 Å². The molecule has 0 aliphatic carbocycles. The molecule has 2 heterocycles. The van der Waals surface area contributed by atoms with Crippen molar-refractivity contribution < 1.29 is 14.6 Å². The second kappa shape index (κ2) is 9.96. The van der Waals surface area contributed by atoms with Gasteiger partial charge in [-0.1, -0.05) is 66.7 Å². The highest BCUT2D eigenvalue weighted by Crippen LogP contribution is 2.19. The Hall–Kier alpha value is -4.85. The van der Waals surface area contributed by atoms with Crippen molar-refractivity contribution in [1.29, 1.82) is 0 Å². The fourth-order valence-corrected chi connectivity index (χ4v) is 3.54. The molecule has 0 saturated heterocycles. The van der Waals surface area contributed by atoms with E-state index in [4.69, 9.17) is 9.84 Å². The lowest BCUT2D eigenvalue weighted by molar-refractivity contribution is -0.138. The predicted molar refractivity (Wildman–Crippen MR) is 132 cm³/mol. The van der Waals surface area contributed by atoms with Crippen LogP contribution < -0.4 is 4.74 Å². The van der Waals surface area contributed by atoms with Gasteiger partial charge in [0.2, 0.25) is 5.82 Å². The molecule has 0 bridgehead atoms. The Labute approximate surface area is 201 Å². The summed E-state index contributed by atoms with van der Waals surface area (Å²) >= 11 is 0. The van der Waals surface area contributed by atoms with Crippen LogP contribution in [0.4, 0.5) is 0 Å². The maximum Gasteiger partial charge on any atom is 0.327 e. The van der Waals surface area contributed by atoms with E-state index >= 15 is 0 Å². The van der Waals surface area contributed by atoms with Gasteiger partial charge in [-0.3, -0.25) is 4.79 Å². The van der Waals surface area contributed by atoms with Gasteiger partial charge in [-0.2, -0.15) is 4.80 Å². The zero-order valence-corrected chi connectivity index (χ0v) is 18.7. The van der Waals surface area contributed by atoms with E-state index < -0.39 is 5.97 Å². The standard InChI is InChI=1S/C27H21N5O3/c33-26(34)17-32-30-27(29-31-32)22-6-3-4-20(16-22)9-8-19-10-14-24(15-11-19)35-18-23-13-12-21-5-1-2-7-25(21)28-23/h1-16H,17-18H2,(H,33,34). The first-order valence-corrected chi connectivity index (χ1v) is 11.0. The molecular weight excluding hydrogens is 442 g/mol. The van der Waals surface area contributed by atoms with Crippen LogP contribution >= 0.6 is 0 Å². The highest BCUT2D eigenvalue weighted by Gasteiger charge is 2.08. The van der Waals surface area contributed by atoms with E-state index in [-0.39, 0.29) is 6.54 Å². The number of benzene rings is 3. The summed E-state index contributed by atoms with van der Waals surface area (Å²) in [5.74, 6) is 0.130. The average Bonchev–Trinajstić information content (AvgIpc) is 3.35. The maximum atomic E-state index is 10.8. The molecule has 172 valence electrons. The number of pyridine rings is 1. The van der Waals surface area contributed by atoms with Gasteiger partial charge in [0.1, 0.15) is 12.4 Å². The van der Waals surface area contributed by atoms with Gasteiger partial charge in [-0.05, 0) is 46.7 Å². The van der Waals surface area contributed by atoms with Crippen LogP contribution in [0.3, 0.4) is 0 Å².